The van der Waals surface area contributed by atoms with Crippen molar-refractivity contribution in [2.24, 2.45) is 0 Å². The molecule has 0 spiro atoms. The number of amides is 4. The number of benzene rings is 2. The fraction of sp³-hybridized carbons (Fsp3) is 0.286. The second-order valence-electron chi connectivity index (χ2n) is 6.93. The summed E-state index contributed by atoms with van der Waals surface area (Å²) < 4.78 is 15.7. The van der Waals surface area contributed by atoms with Crippen LogP contribution >= 0.6 is 0 Å². The number of ether oxygens (including phenoxy) is 3. The van der Waals surface area contributed by atoms with E-state index in [0.29, 0.717) is 34.9 Å². The van der Waals surface area contributed by atoms with Crippen LogP contribution in [-0.4, -0.2) is 43.2 Å². The van der Waals surface area contributed by atoms with Crippen LogP contribution in [0.5, 0.6) is 17.2 Å². The number of methoxy groups -OCH3 is 1. The molecule has 2 heterocycles. The Hall–Kier alpha value is -3.75. The lowest BCUT2D eigenvalue weighted by Crippen LogP contribution is -2.44. The number of anilines is 1. The first-order valence-corrected chi connectivity index (χ1v) is 9.45. The highest BCUT2D eigenvalue weighted by Crippen LogP contribution is 2.35. The Kier molecular flexibility index (Phi) is 4.94. The predicted molar refractivity (Wildman–Crippen MR) is 106 cm³/mol. The first kappa shape index (κ1) is 19.6. The number of urea groups is 1. The van der Waals surface area contributed by atoms with E-state index in [0.717, 1.165) is 4.90 Å². The SMILES string of the molecule is CC[C@@]1(c2ccc(OC)cc2)NC(=O)N(CC(=O)Nc2ccc3c(c2)OCO3)C1=O. The number of carbonyl (C=O) groups excluding carboxylic acids is 3. The molecule has 9 heteroatoms. The smallest absolute Gasteiger partial charge is 0.325 e. The fourth-order valence-electron chi connectivity index (χ4n) is 3.60. The number of hydrogen-bond donors (Lipinski definition) is 2. The lowest BCUT2D eigenvalue weighted by molar-refractivity contribution is -0.134. The normalized spacial score (nSPS) is 19.6. The standard InChI is InChI=1S/C21H21N3O6/c1-3-21(13-4-7-15(28-2)8-5-13)19(26)24(20(27)23-21)11-18(25)22-14-6-9-16-17(10-14)30-12-29-16/h4-10H,3,11-12H2,1-2H3,(H,22,25)(H,23,27)/t21-/m0/s1. The van der Waals surface area contributed by atoms with Crippen molar-refractivity contribution >= 4 is 23.5 Å². The van der Waals surface area contributed by atoms with Crippen LogP contribution in [0, 0.1) is 0 Å². The Morgan fingerprint density at radius 2 is 1.90 bits per heavy atom. The number of nitrogens with zero attached hydrogens (tertiary/aromatic N) is 1. The van der Waals surface area contributed by atoms with Gasteiger partial charge in [0.2, 0.25) is 12.7 Å². The van der Waals surface area contributed by atoms with E-state index in [1.165, 1.54) is 0 Å². The van der Waals surface area contributed by atoms with Gasteiger partial charge in [-0.25, -0.2) is 4.79 Å². The van der Waals surface area contributed by atoms with Gasteiger partial charge < -0.3 is 24.8 Å². The molecule has 4 rings (SSSR count). The molecule has 30 heavy (non-hydrogen) atoms. The Balaban J connectivity index is 1.49. The fourth-order valence-corrected chi connectivity index (χ4v) is 3.60. The first-order valence-electron chi connectivity index (χ1n) is 9.45. The van der Waals surface area contributed by atoms with Gasteiger partial charge in [0, 0.05) is 11.8 Å². The summed E-state index contributed by atoms with van der Waals surface area (Å²) >= 11 is 0. The summed E-state index contributed by atoms with van der Waals surface area (Å²) in [5.74, 6) is 0.781. The number of nitrogens with one attached hydrogen (secondary N) is 2. The van der Waals surface area contributed by atoms with Crippen LogP contribution in [-0.2, 0) is 15.1 Å². The Bertz CT molecular complexity index is 1010. The van der Waals surface area contributed by atoms with E-state index in [1.54, 1.807) is 56.5 Å². The van der Waals surface area contributed by atoms with Crippen LogP contribution in [0.2, 0.25) is 0 Å². The van der Waals surface area contributed by atoms with Crippen molar-refractivity contribution in [1.82, 2.24) is 10.2 Å². The largest absolute Gasteiger partial charge is 0.497 e. The van der Waals surface area contributed by atoms with Crippen molar-refractivity contribution < 1.29 is 28.6 Å². The van der Waals surface area contributed by atoms with E-state index in [2.05, 4.69) is 10.6 Å². The maximum Gasteiger partial charge on any atom is 0.325 e. The third-order valence-electron chi connectivity index (χ3n) is 5.25. The molecule has 1 fully saturated rings. The second kappa shape index (κ2) is 7.58. The summed E-state index contributed by atoms with van der Waals surface area (Å²) in [6, 6.07) is 11.3. The zero-order valence-corrected chi connectivity index (χ0v) is 16.6. The van der Waals surface area contributed by atoms with E-state index in [9.17, 15) is 14.4 Å². The first-order chi connectivity index (χ1) is 14.5. The molecule has 2 N–H and O–H groups in total. The quantitative estimate of drug-likeness (QED) is 0.706. The van der Waals surface area contributed by atoms with Crippen molar-refractivity contribution in [3.8, 4) is 17.2 Å². The van der Waals surface area contributed by atoms with Gasteiger partial charge in [-0.2, -0.15) is 0 Å². The molecule has 0 aliphatic carbocycles. The lowest BCUT2D eigenvalue weighted by Gasteiger charge is -2.26. The molecule has 156 valence electrons. The molecule has 0 bridgehead atoms. The Morgan fingerprint density at radius 3 is 2.60 bits per heavy atom. The van der Waals surface area contributed by atoms with Gasteiger partial charge in [-0.05, 0) is 36.2 Å². The minimum atomic E-state index is -1.22. The van der Waals surface area contributed by atoms with E-state index < -0.39 is 29.9 Å². The molecule has 1 saturated heterocycles. The number of hydrogen-bond acceptors (Lipinski definition) is 6. The summed E-state index contributed by atoms with van der Waals surface area (Å²) in [5.41, 5.74) is -0.112. The molecule has 0 aromatic heterocycles. The number of carbonyl (C=O) groups is 3. The highest BCUT2D eigenvalue weighted by molar-refractivity contribution is 6.10. The maximum atomic E-state index is 13.2. The summed E-state index contributed by atoms with van der Waals surface area (Å²) in [4.78, 5) is 39.1. The Morgan fingerprint density at radius 1 is 1.17 bits per heavy atom. The molecule has 2 aliphatic rings. The Labute approximate surface area is 172 Å². The van der Waals surface area contributed by atoms with Gasteiger partial charge in [0.15, 0.2) is 11.5 Å². The van der Waals surface area contributed by atoms with E-state index in [-0.39, 0.29) is 6.79 Å². The number of fused-ring (bicyclic) bond motifs is 1. The molecular formula is C21H21N3O6. The van der Waals surface area contributed by atoms with Gasteiger partial charge in [0.1, 0.15) is 17.8 Å². The van der Waals surface area contributed by atoms with Gasteiger partial charge in [-0.3, -0.25) is 14.5 Å². The molecule has 0 saturated carbocycles. The van der Waals surface area contributed by atoms with Crippen molar-refractivity contribution in [3.05, 3.63) is 48.0 Å². The van der Waals surface area contributed by atoms with Crippen molar-refractivity contribution in [2.75, 3.05) is 25.8 Å². The third-order valence-corrected chi connectivity index (χ3v) is 5.25. The molecule has 0 unspecified atom stereocenters. The highest BCUT2D eigenvalue weighted by Gasteiger charge is 2.51. The van der Waals surface area contributed by atoms with E-state index in [4.69, 9.17) is 14.2 Å². The summed E-state index contributed by atoms with van der Waals surface area (Å²) in [5, 5.41) is 5.43. The molecular weight excluding hydrogens is 390 g/mol. The molecule has 2 aliphatic heterocycles. The zero-order valence-electron chi connectivity index (χ0n) is 16.6. The van der Waals surface area contributed by atoms with Crippen LogP contribution in [0.25, 0.3) is 0 Å². The highest BCUT2D eigenvalue weighted by atomic mass is 16.7. The van der Waals surface area contributed by atoms with Crippen LogP contribution in [0.4, 0.5) is 10.5 Å². The topological polar surface area (TPSA) is 106 Å². The van der Waals surface area contributed by atoms with Gasteiger partial charge in [-0.1, -0.05) is 19.1 Å². The molecule has 4 amide bonds. The summed E-state index contributed by atoms with van der Waals surface area (Å²) in [6.45, 7) is 1.52. The summed E-state index contributed by atoms with van der Waals surface area (Å²) in [7, 11) is 1.55. The number of imide groups is 1. The van der Waals surface area contributed by atoms with Crippen molar-refractivity contribution in [2.45, 2.75) is 18.9 Å². The molecule has 1 atom stereocenters. The number of rotatable bonds is 6. The molecule has 0 radical (unpaired) electrons. The molecule has 2 aromatic carbocycles. The van der Waals surface area contributed by atoms with E-state index in [1.807, 2.05) is 0 Å². The molecule has 2 aromatic rings. The van der Waals surface area contributed by atoms with Crippen molar-refractivity contribution in [3.63, 3.8) is 0 Å². The minimum absolute atomic E-state index is 0.125. The van der Waals surface area contributed by atoms with Crippen LogP contribution < -0.4 is 24.8 Å². The van der Waals surface area contributed by atoms with Gasteiger partial charge >= 0.3 is 6.03 Å². The van der Waals surface area contributed by atoms with Crippen LogP contribution in [0.15, 0.2) is 42.5 Å². The van der Waals surface area contributed by atoms with Crippen LogP contribution in [0.1, 0.15) is 18.9 Å². The van der Waals surface area contributed by atoms with Gasteiger partial charge in [0.05, 0.1) is 7.11 Å². The summed E-state index contributed by atoms with van der Waals surface area (Å²) in [6.07, 6.45) is 0.337. The lowest BCUT2D eigenvalue weighted by atomic mass is 9.87. The van der Waals surface area contributed by atoms with Gasteiger partial charge in [0.25, 0.3) is 5.91 Å². The average Bonchev–Trinajstić information content (AvgIpc) is 3.31. The minimum Gasteiger partial charge on any atom is -0.497 e. The predicted octanol–water partition coefficient (Wildman–Crippen LogP) is 2.22. The van der Waals surface area contributed by atoms with E-state index >= 15 is 0 Å². The van der Waals surface area contributed by atoms with Crippen molar-refractivity contribution in [1.29, 1.82) is 0 Å². The van der Waals surface area contributed by atoms with Gasteiger partial charge in [-0.15, -0.1) is 0 Å². The third kappa shape index (κ3) is 3.28. The van der Waals surface area contributed by atoms with Crippen LogP contribution in [0.3, 0.4) is 0 Å². The second-order valence-corrected chi connectivity index (χ2v) is 6.93. The molecule has 9 nitrogen and oxygen atoms in total. The maximum absolute atomic E-state index is 13.2. The average molecular weight is 411 g/mol. The monoisotopic (exact) mass is 411 g/mol. The zero-order chi connectivity index (χ0) is 21.3.